The number of anilines is 2. The second-order valence-electron chi connectivity index (χ2n) is 6.40. The van der Waals surface area contributed by atoms with Gasteiger partial charge in [0.25, 0.3) is 0 Å². The van der Waals surface area contributed by atoms with Crippen molar-refractivity contribution in [2.24, 2.45) is 0 Å². The van der Waals surface area contributed by atoms with E-state index < -0.39 is 0 Å². The molecule has 4 aromatic rings. The Bertz CT molecular complexity index is 1100. The number of fused-ring (bicyclic) bond motifs is 1. The van der Waals surface area contributed by atoms with Gasteiger partial charge in [-0.3, -0.25) is 0 Å². The predicted octanol–water partition coefficient (Wildman–Crippen LogP) is 7.05. The van der Waals surface area contributed by atoms with E-state index in [9.17, 15) is 0 Å². The molecule has 3 aromatic carbocycles. The Labute approximate surface area is 160 Å². The van der Waals surface area contributed by atoms with E-state index in [1.165, 1.54) is 16.5 Å². The average molecular weight is 350 g/mol. The first-order valence-electron chi connectivity index (χ1n) is 9.13. The van der Waals surface area contributed by atoms with Crippen molar-refractivity contribution in [1.82, 2.24) is 4.57 Å². The number of allylic oxidation sites excluding steroid dienone is 1. The van der Waals surface area contributed by atoms with Gasteiger partial charge in [0.15, 0.2) is 0 Å². The lowest BCUT2D eigenvalue weighted by molar-refractivity contribution is 1.11. The van der Waals surface area contributed by atoms with Gasteiger partial charge in [0.05, 0.1) is 11.2 Å². The molecular formula is C25H22N2. The second kappa shape index (κ2) is 7.38. The fourth-order valence-electron chi connectivity index (χ4n) is 3.50. The molecule has 4 rings (SSSR count). The zero-order valence-corrected chi connectivity index (χ0v) is 15.4. The van der Waals surface area contributed by atoms with Crippen molar-refractivity contribution in [1.29, 1.82) is 0 Å². The van der Waals surface area contributed by atoms with Gasteiger partial charge in [-0.2, -0.15) is 0 Å². The number of rotatable bonds is 5. The molecule has 1 heterocycles. The lowest BCUT2D eigenvalue weighted by Gasteiger charge is -2.10. The number of hydrogen-bond donors (Lipinski definition) is 1. The summed E-state index contributed by atoms with van der Waals surface area (Å²) < 4.78 is 2.27. The van der Waals surface area contributed by atoms with Crippen molar-refractivity contribution in [3.63, 3.8) is 0 Å². The van der Waals surface area contributed by atoms with Crippen LogP contribution in [-0.4, -0.2) is 4.57 Å². The molecule has 27 heavy (non-hydrogen) atoms. The normalized spacial score (nSPS) is 11.1. The molecule has 1 aromatic heterocycles. The largest absolute Gasteiger partial charge is 0.356 e. The Morgan fingerprint density at radius 1 is 0.852 bits per heavy atom. The molecule has 2 nitrogen and oxygen atoms in total. The van der Waals surface area contributed by atoms with Crippen LogP contribution in [0.4, 0.5) is 11.4 Å². The summed E-state index contributed by atoms with van der Waals surface area (Å²) in [6.07, 6.45) is 6.17. The molecule has 132 valence electrons. The molecule has 0 saturated heterocycles. The van der Waals surface area contributed by atoms with Crippen molar-refractivity contribution < 1.29 is 0 Å². The first kappa shape index (κ1) is 16.9. The minimum atomic E-state index is 1.07. The lowest BCUT2D eigenvalue weighted by Crippen LogP contribution is -1.96. The van der Waals surface area contributed by atoms with Crippen LogP contribution in [0.2, 0.25) is 0 Å². The summed E-state index contributed by atoms with van der Waals surface area (Å²) in [7, 11) is 0. The van der Waals surface area contributed by atoms with Gasteiger partial charge in [0.1, 0.15) is 0 Å². The molecule has 0 aliphatic carbocycles. The van der Waals surface area contributed by atoms with Gasteiger partial charge in [-0.25, -0.2) is 0 Å². The smallest absolute Gasteiger partial charge is 0.0542 e. The highest BCUT2D eigenvalue weighted by molar-refractivity contribution is 5.97. The molecule has 0 radical (unpaired) electrons. The Morgan fingerprint density at radius 2 is 1.56 bits per heavy atom. The molecule has 0 aliphatic heterocycles. The molecule has 0 aliphatic rings. The van der Waals surface area contributed by atoms with E-state index in [0.717, 1.165) is 22.8 Å². The average Bonchev–Trinajstić information content (AvgIpc) is 3.02. The van der Waals surface area contributed by atoms with E-state index in [0.29, 0.717) is 0 Å². The molecule has 0 amide bonds. The maximum Gasteiger partial charge on any atom is 0.0542 e. The Balaban J connectivity index is 1.93. The summed E-state index contributed by atoms with van der Waals surface area (Å²) >= 11 is 0. The zero-order valence-electron chi connectivity index (χ0n) is 15.4. The van der Waals surface area contributed by atoms with Crippen LogP contribution in [0, 0.1) is 0 Å². The van der Waals surface area contributed by atoms with Crippen molar-refractivity contribution in [3.8, 4) is 5.69 Å². The number of nitrogens with one attached hydrogen (secondary N) is 1. The third kappa shape index (κ3) is 3.18. The van der Waals surface area contributed by atoms with E-state index in [1.54, 1.807) is 0 Å². The molecule has 1 N–H and O–H groups in total. The minimum absolute atomic E-state index is 1.07. The molecular weight excluding hydrogens is 328 g/mol. The van der Waals surface area contributed by atoms with Gasteiger partial charge in [0, 0.05) is 28.0 Å². The minimum Gasteiger partial charge on any atom is -0.356 e. The summed E-state index contributed by atoms with van der Waals surface area (Å²) in [5.74, 6) is 0. The van der Waals surface area contributed by atoms with Gasteiger partial charge in [-0.05, 0) is 55.5 Å². The summed E-state index contributed by atoms with van der Waals surface area (Å²) in [5, 5.41) is 4.69. The molecule has 0 unspecified atom stereocenters. The van der Waals surface area contributed by atoms with Gasteiger partial charge >= 0.3 is 0 Å². The first-order chi connectivity index (χ1) is 13.3. The van der Waals surface area contributed by atoms with Gasteiger partial charge in [0.2, 0.25) is 0 Å². The molecule has 0 spiro atoms. The standard InChI is InChI=1S/C25H22N2/c1-3-11-22-23-18-20(26-19-12-7-5-8-13-19)16-17-25(23)27(24(22)4-2)21-14-9-6-10-15-21/h3-18,26H,2H2,1H3/b11-3-. The zero-order chi connectivity index (χ0) is 18.6. The first-order valence-corrected chi connectivity index (χ1v) is 9.13. The number of benzene rings is 3. The fraction of sp³-hybridized carbons (Fsp3) is 0.0400. The molecule has 0 saturated carbocycles. The molecule has 0 bridgehead atoms. The van der Waals surface area contributed by atoms with Crippen LogP contribution >= 0.6 is 0 Å². The van der Waals surface area contributed by atoms with Crippen LogP contribution in [0.25, 0.3) is 28.7 Å². The van der Waals surface area contributed by atoms with Crippen molar-refractivity contribution in [2.75, 3.05) is 5.32 Å². The second-order valence-corrected chi connectivity index (χ2v) is 6.40. The molecule has 0 fully saturated rings. The van der Waals surface area contributed by atoms with Crippen molar-refractivity contribution >= 4 is 34.4 Å². The molecule has 2 heteroatoms. The quantitative estimate of drug-likeness (QED) is 0.408. The van der Waals surface area contributed by atoms with Crippen LogP contribution in [0.5, 0.6) is 0 Å². The highest BCUT2D eigenvalue weighted by atomic mass is 15.0. The van der Waals surface area contributed by atoms with E-state index in [-0.39, 0.29) is 0 Å². The number of nitrogens with zero attached hydrogens (tertiary/aromatic N) is 1. The monoisotopic (exact) mass is 350 g/mol. The fourth-order valence-corrected chi connectivity index (χ4v) is 3.50. The van der Waals surface area contributed by atoms with Gasteiger partial charge in [-0.1, -0.05) is 55.1 Å². The Kier molecular flexibility index (Phi) is 4.63. The summed E-state index contributed by atoms with van der Waals surface area (Å²) in [6, 6.07) is 27.2. The predicted molar refractivity (Wildman–Crippen MR) is 118 cm³/mol. The number of aromatic nitrogens is 1. The van der Waals surface area contributed by atoms with E-state index >= 15 is 0 Å². The highest BCUT2D eigenvalue weighted by Crippen LogP contribution is 2.34. The third-order valence-corrected chi connectivity index (χ3v) is 4.65. The summed E-state index contributed by atoms with van der Waals surface area (Å²) in [6.45, 7) is 6.12. The maximum atomic E-state index is 4.08. The highest BCUT2D eigenvalue weighted by Gasteiger charge is 2.15. The Hall–Kier alpha value is -3.52. The summed E-state index contributed by atoms with van der Waals surface area (Å²) in [4.78, 5) is 0. The van der Waals surface area contributed by atoms with Gasteiger partial charge < -0.3 is 9.88 Å². The maximum absolute atomic E-state index is 4.08. The Morgan fingerprint density at radius 3 is 2.22 bits per heavy atom. The van der Waals surface area contributed by atoms with E-state index in [2.05, 4.69) is 83.2 Å². The topological polar surface area (TPSA) is 17.0 Å². The number of hydrogen-bond acceptors (Lipinski definition) is 1. The van der Waals surface area contributed by atoms with Crippen molar-refractivity contribution in [3.05, 3.63) is 103 Å². The van der Waals surface area contributed by atoms with E-state index in [1.807, 2.05) is 37.3 Å². The lowest BCUT2D eigenvalue weighted by atomic mass is 10.1. The van der Waals surface area contributed by atoms with Crippen LogP contribution < -0.4 is 5.32 Å². The number of para-hydroxylation sites is 2. The van der Waals surface area contributed by atoms with Crippen LogP contribution in [-0.2, 0) is 0 Å². The van der Waals surface area contributed by atoms with Gasteiger partial charge in [-0.15, -0.1) is 0 Å². The van der Waals surface area contributed by atoms with Crippen LogP contribution in [0.3, 0.4) is 0 Å². The van der Waals surface area contributed by atoms with Crippen LogP contribution in [0.1, 0.15) is 18.2 Å². The molecule has 0 atom stereocenters. The SMILES string of the molecule is C=Cc1c(/C=C\C)c2cc(Nc3ccccc3)ccc2n1-c1ccccc1. The third-order valence-electron chi connectivity index (χ3n) is 4.65. The van der Waals surface area contributed by atoms with Crippen LogP contribution in [0.15, 0.2) is 91.5 Å². The van der Waals surface area contributed by atoms with Crippen molar-refractivity contribution in [2.45, 2.75) is 6.92 Å². The van der Waals surface area contributed by atoms with E-state index in [4.69, 9.17) is 0 Å². The summed E-state index contributed by atoms with van der Waals surface area (Å²) in [5.41, 5.74) is 6.74.